The number of nitrogens with one attached hydrogen (secondary N) is 1. The Morgan fingerprint density at radius 1 is 1.29 bits per heavy atom. The molecular formula is C17H17F3N2O2. The number of aromatic nitrogens is 1. The molecule has 1 saturated heterocycles. The number of aryl methyl sites for hydroxylation is 1. The minimum Gasteiger partial charge on any atom is -0.391 e. The number of benzene rings is 1. The highest BCUT2D eigenvalue weighted by Crippen LogP contribution is 2.40. The molecule has 1 fully saturated rings. The van der Waals surface area contributed by atoms with Crippen LogP contribution in [0.3, 0.4) is 0 Å². The van der Waals surface area contributed by atoms with E-state index < -0.39 is 29.8 Å². The van der Waals surface area contributed by atoms with Crippen LogP contribution in [-0.4, -0.2) is 33.5 Å². The number of H-pyrrole nitrogens is 1. The molecule has 3 rings (SSSR count). The van der Waals surface area contributed by atoms with Gasteiger partial charge in [-0.1, -0.05) is 18.2 Å². The van der Waals surface area contributed by atoms with Gasteiger partial charge in [-0.3, -0.25) is 4.79 Å². The number of nitrogens with zero attached hydrogens (tertiary/aromatic N) is 1. The Kier molecular flexibility index (Phi) is 4.13. The first-order valence-electron chi connectivity index (χ1n) is 7.58. The molecule has 24 heavy (non-hydrogen) atoms. The average molecular weight is 338 g/mol. The summed E-state index contributed by atoms with van der Waals surface area (Å²) in [6.07, 6.45) is -3.68. The number of aliphatic hydroxyl groups excluding tert-OH is 1. The Balaban J connectivity index is 2.01. The number of carbonyl (C=O) groups excluding carboxylic acids is 1. The first-order valence-corrected chi connectivity index (χ1v) is 7.58. The molecule has 2 atom stereocenters. The van der Waals surface area contributed by atoms with Crippen LogP contribution in [0.1, 0.15) is 39.6 Å². The van der Waals surface area contributed by atoms with Crippen LogP contribution >= 0.6 is 0 Å². The molecule has 4 nitrogen and oxygen atoms in total. The van der Waals surface area contributed by atoms with E-state index in [2.05, 4.69) is 4.98 Å². The standard InChI is InChI=1S/C17H17F3N2O2/c1-10-6-7-21-15(10)16(24)22-9-11(23)8-14(22)12-4-2-3-5-13(12)17(18,19)20/h2-7,11,14,21,23H,8-9H2,1H3/t11-,14-/m1/s1. The summed E-state index contributed by atoms with van der Waals surface area (Å²) >= 11 is 0. The highest BCUT2D eigenvalue weighted by molar-refractivity contribution is 5.94. The summed E-state index contributed by atoms with van der Waals surface area (Å²) in [7, 11) is 0. The zero-order valence-electron chi connectivity index (χ0n) is 13.0. The summed E-state index contributed by atoms with van der Waals surface area (Å²) in [4.78, 5) is 16.9. The molecule has 0 bridgehead atoms. The quantitative estimate of drug-likeness (QED) is 0.883. The second-order valence-corrected chi connectivity index (χ2v) is 5.98. The van der Waals surface area contributed by atoms with Gasteiger partial charge in [0.2, 0.25) is 0 Å². The molecule has 0 spiro atoms. The van der Waals surface area contributed by atoms with E-state index in [9.17, 15) is 23.1 Å². The number of likely N-dealkylation sites (tertiary alicyclic amines) is 1. The van der Waals surface area contributed by atoms with Crippen molar-refractivity contribution in [1.29, 1.82) is 0 Å². The summed E-state index contributed by atoms with van der Waals surface area (Å²) in [6.45, 7) is 1.75. The number of aliphatic hydroxyl groups is 1. The molecule has 1 amide bonds. The van der Waals surface area contributed by atoms with Crippen molar-refractivity contribution in [2.24, 2.45) is 0 Å². The minimum atomic E-state index is -4.51. The summed E-state index contributed by atoms with van der Waals surface area (Å²) in [6, 6.07) is 6.11. The third-order valence-corrected chi connectivity index (χ3v) is 4.33. The lowest BCUT2D eigenvalue weighted by molar-refractivity contribution is -0.138. The maximum Gasteiger partial charge on any atom is 0.416 e. The maximum absolute atomic E-state index is 13.3. The molecule has 1 aromatic carbocycles. The van der Waals surface area contributed by atoms with E-state index in [1.165, 1.54) is 23.1 Å². The van der Waals surface area contributed by atoms with E-state index in [1.807, 2.05) is 0 Å². The Bertz CT molecular complexity index is 754. The molecule has 0 unspecified atom stereocenters. The number of alkyl halides is 3. The topological polar surface area (TPSA) is 56.3 Å². The van der Waals surface area contributed by atoms with E-state index >= 15 is 0 Å². The van der Waals surface area contributed by atoms with Gasteiger partial charge in [0.1, 0.15) is 5.69 Å². The smallest absolute Gasteiger partial charge is 0.391 e. The predicted molar refractivity (Wildman–Crippen MR) is 81.4 cm³/mol. The molecular weight excluding hydrogens is 321 g/mol. The third kappa shape index (κ3) is 2.91. The lowest BCUT2D eigenvalue weighted by Gasteiger charge is -2.27. The van der Waals surface area contributed by atoms with Crippen molar-refractivity contribution in [3.63, 3.8) is 0 Å². The molecule has 1 aromatic heterocycles. The van der Waals surface area contributed by atoms with Gasteiger partial charge < -0.3 is 15.0 Å². The molecule has 2 aromatic rings. The Hall–Kier alpha value is -2.28. The van der Waals surface area contributed by atoms with Crippen LogP contribution in [0.4, 0.5) is 13.2 Å². The molecule has 0 saturated carbocycles. The molecule has 0 radical (unpaired) electrons. The van der Waals surface area contributed by atoms with Crippen LogP contribution in [0.2, 0.25) is 0 Å². The Morgan fingerprint density at radius 2 is 2.00 bits per heavy atom. The summed E-state index contributed by atoms with van der Waals surface area (Å²) < 4.78 is 39.9. The molecule has 1 aliphatic rings. The van der Waals surface area contributed by atoms with Gasteiger partial charge in [-0.2, -0.15) is 13.2 Å². The number of carbonyl (C=O) groups is 1. The van der Waals surface area contributed by atoms with Crippen molar-refractivity contribution in [2.45, 2.75) is 31.7 Å². The normalized spacial score (nSPS) is 21.3. The number of hydrogen-bond acceptors (Lipinski definition) is 2. The monoisotopic (exact) mass is 338 g/mol. The van der Waals surface area contributed by atoms with E-state index in [0.717, 1.165) is 6.07 Å². The summed E-state index contributed by atoms with van der Waals surface area (Å²) in [5, 5.41) is 9.96. The van der Waals surface area contributed by atoms with Crippen molar-refractivity contribution in [3.05, 3.63) is 58.9 Å². The van der Waals surface area contributed by atoms with Gasteiger partial charge in [0, 0.05) is 12.7 Å². The highest BCUT2D eigenvalue weighted by Gasteiger charge is 2.41. The average Bonchev–Trinajstić information content (AvgIpc) is 3.11. The largest absolute Gasteiger partial charge is 0.416 e. The molecule has 2 heterocycles. The lowest BCUT2D eigenvalue weighted by atomic mass is 9.97. The van der Waals surface area contributed by atoms with Crippen LogP contribution in [0.25, 0.3) is 0 Å². The van der Waals surface area contributed by atoms with E-state index in [0.29, 0.717) is 11.3 Å². The lowest BCUT2D eigenvalue weighted by Crippen LogP contribution is -2.33. The van der Waals surface area contributed by atoms with Crippen molar-refractivity contribution in [1.82, 2.24) is 9.88 Å². The van der Waals surface area contributed by atoms with Crippen LogP contribution in [0.5, 0.6) is 0 Å². The minimum absolute atomic E-state index is 0.00809. The van der Waals surface area contributed by atoms with E-state index in [-0.39, 0.29) is 18.5 Å². The number of aromatic amines is 1. The predicted octanol–water partition coefficient (Wildman–Crippen LogP) is 3.29. The van der Waals surface area contributed by atoms with Gasteiger partial charge in [0.25, 0.3) is 5.91 Å². The first-order chi connectivity index (χ1) is 11.3. The van der Waals surface area contributed by atoms with Gasteiger partial charge in [0.15, 0.2) is 0 Å². The Labute approximate surface area is 136 Å². The van der Waals surface area contributed by atoms with Gasteiger partial charge in [-0.05, 0) is 36.6 Å². The van der Waals surface area contributed by atoms with Crippen molar-refractivity contribution in [2.75, 3.05) is 6.54 Å². The zero-order chi connectivity index (χ0) is 17.5. The number of β-amino-alcohol motifs (C(OH)–C–C–N with tert-alkyl or cyclic N) is 1. The molecule has 128 valence electrons. The van der Waals surface area contributed by atoms with Crippen molar-refractivity contribution >= 4 is 5.91 Å². The van der Waals surface area contributed by atoms with Crippen LogP contribution in [0, 0.1) is 6.92 Å². The molecule has 0 aliphatic carbocycles. The van der Waals surface area contributed by atoms with Crippen molar-refractivity contribution in [3.8, 4) is 0 Å². The van der Waals surface area contributed by atoms with Gasteiger partial charge in [0.05, 0.1) is 17.7 Å². The van der Waals surface area contributed by atoms with Gasteiger partial charge in [-0.15, -0.1) is 0 Å². The molecule has 7 heteroatoms. The molecule has 2 N–H and O–H groups in total. The first kappa shape index (κ1) is 16.6. The number of amides is 1. The van der Waals surface area contributed by atoms with Gasteiger partial charge in [-0.25, -0.2) is 0 Å². The van der Waals surface area contributed by atoms with Gasteiger partial charge >= 0.3 is 6.18 Å². The summed E-state index contributed by atoms with van der Waals surface area (Å²) in [5.74, 6) is -0.406. The summed E-state index contributed by atoms with van der Waals surface area (Å²) in [5.41, 5.74) is 0.284. The fourth-order valence-electron chi connectivity index (χ4n) is 3.20. The SMILES string of the molecule is Cc1cc[nH]c1C(=O)N1C[C@H](O)C[C@@H]1c1ccccc1C(F)(F)F. The van der Waals surface area contributed by atoms with E-state index in [1.54, 1.807) is 19.2 Å². The number of halogens is 3. The van der Waals surface area contributed by atoms with E-state index in [4.69, 9.17) is 0 Å². The van der Waals surface area contributed by atoms with Crippen molar-refractivity contribution < 1.29 is 23.1 Å². The fourth-order valence-corrected chi connectivity index (χ4v) is 3.20. The maximum atomic E-state index is 13.3. The second-order valence-electron chi connectivity index (χ2n) is 5.98. The third-order valence-electron chi connectivity index (χ3n) is 4.33. The highest BCUT2D eigenvalue weighted by atomic mass is 19.4. The zero-order valence-corrected chi connectivity index (χ0v) is 13.0. The number of rotatable bonds is 2. The Morgan fingerprint density at radius 3 is 2.62 bits per heavy atom. The number of hydrogen-bond donors (Lipinski definition) is 2. The van der Waals surface area contributed by atoms with Crippen LogP contribution < -0.4 is 0 Å². The second kappa shape index (κ2) is 5.98. The molecule has 1 aliphatic heterocycles. The van der Waals surface area contributed by atoms with Crippen LogP contribution in [0.15, 0.2) is 36.5 Å². The fraction of sp³-hybridized carbons (Fsp3) is 0.353. The van der Waals surface area contributed by atoms with Crippen LogP contribution in [-0.2, 0) is 6.18 Å².